The van der Waals surface area contributed by atoms with Crippen LogP contribution in [0.5, 0.6) is 0 Å². The van der Waals surface area contributed by atoms with Crippen LogP contribution in [-0.4, -0.2) is 168 Å². The quantitative estimate of drug-likeness (QED) is 0.266. The summed E-state index contributed by atoms with van der Waals surface area (Å²) in [5.41, 5.74) is -3.79. The van der Waals surface area contributed by atoms with Gasteiger partial charge in [-0.3, -0.25) is 4.79 Å². The second kappa shape index (κ2) is 18.5. The maximum atomic E-state index is 14.3. The Labute approximate surface area is 318 Å². The van der Waals surface area contributed by atoms with Crippen molar-refractivity contribution in [3.8, 4) is 0 Å². The van der Waals surface area contributed by atoms with Gasteiger partial charge < -0.3 is 63.4 Å². The van der Waals surface area contributed by atoms with Crippen LogP contribution in [-0.2, 0) is 38.0 Å². The predicted molar refractivity (Wildman–Crippen MR) is 199 cm³/mol. The molecule has 4 N–H and O–H groups in total. The molecule has 0 amide bonds. The third-order valence-corrected chi connectivity index (χ3v) is 12.7. The summed E-state index contributed by atoms with van der Waals surface area (Å²) in [6.07, 6.45) is -7.23. The molecule has 312 valence electrons. The van der Waals surface area contributed by atoms with Gasteiger partial charge in [0, 0.05) is 45.2 Å². The van der Waals surface area contributed by atoms with E-state index in [4.69, 9.17) is 33.2 Å². The van der Waals surface area contributed by atoms with Crippen LogP contribution < -0.4 is 0 Å². The average Bonchev–Trinajstić information content (AvgIpc) is 3.09. The Morgan fingerprint density at radius 3 is 2.06 bits per heavy atom. The third kappa shape index (κ3) is 10.3. The normalized spacial score (nSPS) is 48.9. The van der Waals surface area contributed by atoms with Gasteiger partial charge in [-0.1, -0.05) is 20.8 Å². The molecule has 3 aliphatic heterocycles. The average molecular weight is 763 g/mol. The molecule has 3 fully saturated rings. The van der Waals surface area contributed by atoms with Gasteiger partial charge in [0.25, 0.3) is 0 Å². The Balaban J connectivity index is 2.22. The summed E-state index contributed by atoms with van der Waals surface area (Å²) in [4.78, 5) is 18.4. The highest BCUT2D eigenvalue weighted by molar-refractivity contribution is 5.73. The second-order valence-electron chi connectivity index (χ2n) is 17.3. The molecule has 0 aromatic heterocycles. The lowest BCUT2D eigenvalue weighted by Gasteiger charge is -2.49. The molecule has 0 aromatic rings. The molecule has 0 spiro atoms. The molecule has 0 radical (unpaired) electrons. The number of methoxy groups -OCH3 is 2. The van der Waals surface area contributed by atoms with E-state index < -0.39 is 95.8 Å². The molecule has 0 bridgehead atoms. The number of likely N-dealkylation sites (N-methyl/N-ethyl adjacent to an activating group) is 1. The Morgan fingerprint density at radius 2 is 1.51 bits per heavy atom. The van der Waals surface area contributed by atoms with Gasteiger partial charge in [-0.15, -0.1) is 0 Å². The lowest BCUT2D eigenvalue weighted by molar-refractivity contribution is -0.319. The number of cyclic esters (lactones) is 1. The number of aliphatic hydroxyl groups is 4. The molecule has 0 saturated carbocycles. The second-order valence-corrected chi connectivity index (χ2v) is 17.3. The number of hydrogen-bond acceptors (Lipinski definition) is 14. The monoisotopic (exact) mass is 763 g/mol. The van der Waals surface area contributed by atoms with Crippen molar-refractivity contribution < 1.29 is 58.4 Å². The van der Waals surface area contributed by atoms with E-state index in [2.05, 4.69) is 11.8 Å². The van der Waals surface area contributed by atoms with Gasteiger partial charge in [0.15, 0.2) is 12.6 Å². The van der Waals surface area contributed by atoms with E-state index in [1.165, 1.54) is 14.0 Å². The first-order valence-electron chi connectivity index (χ1n) is 19.5. The summed E-state index contributed by atoms with van der Waals surface area (Å²) in [6.45, 7) is 18.7. The van der Waals surface area contributed by atoms with Crippen molar-refractivity contribution in [3.63, 3.8) is 0 Å². The van der Waals surface area contributed by atoms with Crippen LogP contribution in [0.15, 0.2) is 0 Å². The van der Waals surface area contributed by atoms with Crippen LogP contribution in [0, 0.1) is 17.8 Å². The Morgan fingerprint density at radius 1 is 0.906 bits per heavy atom. The van der Waals surface area contributed by atoms with Crippen molar-refractivity contribution in [3.05, 3.63) is 0 Å². The maximum absolute atomic E-state index is 14.3. The summed E-state index contributed by atoms with van der Waals surface area (Å²) in [5, 5.41) is 45.9. The topological polar surface area (TPSA) is 169 Å². The molecule has 8 unspecified atom stereocenters. The smallest absolute Gasteiger partial charge is 0.311 e. The molecule has 14 nitrogen and oxygen atoms in total. The molecule has 3 rings (SSSR count). The number of ether oxygens (including phenoxy) is 7. The van der Waals surface area contributed by atoms with E-state index in [9.17, 15) is 25.2 Å². The van der Waals surface area contributed by atoms with Crippen molar-refractivity contribution in [1.29, 1.82) is 0 Å². The van der Waals surface area contributed by atoms with E-state index in [1.807, 2.05) is 53.7 Å². The maximum Gasteiger partial charge on any atom is 0.311 e. The van der Waals surface area contributed by atoms with Crippen molar-refractivity contribution in [2.45, 2.75) is 185 Å². The van der Waals surface area contributed by atoms with Crippen molar-refractivity contribution >= 4 is 5.97 Å². The lowest BCUT2D eigenvalue weighted by Crippen LogP contribution is -2.61. The molecule has 14 heteroatoms. The van der Waals surface area contributed by atoms with E-state index in [1.54, 1.807) is 34.8 Å². The number of hydrogen-bond donors (Lipinski definition) is 4. The highest BCUT2D eigenvalue weighted by Crippen LogP contribution is 2.41. The van der Waals surface area contributed by atoms with Crippen LogP contribution >= 0.6 is 0 Å². The summed E-state index contributed by atoms with van der Waals surface area (Å²) in [7, 11) is 8.94. The van der Waals surface area contributed by atoms with Crippen LogP contribution in [0.3, 0.4) is 0 Å². The van der Waals surface area contributed by atoms with E-state index in [0.717, 1.165) is 0 Å². The van der Waals surface area contributed by atoms with E-state index in [0.29, 0.717) is 19.4 Å². The summed E-state index contributed by atoms with van der Waals surface area (Å²) >= 11 is 0. The first kappa shape index (κ1) is 46.4. The van der Waals surface area contributed by atoms with E-state index in [-0.39, 0.29) is 31.0 Å². The molecule has 3 saturated heterocycles. The van der Waals surface area contributed by atoms with Gasteiger partial charge in [0.05, 0.1) is 47.6 Å². The molecular weight excluding hydrogens is 688 g/mol. The van der Waals surface area contributed by atoms with Gasteiger partial charge >= 0.3 is 5.97 Å². The Bertz CT molecular complexity index is 1160. The Kier molecular flexibility index (Phi) is 16.2. The summed E-state index contributed by atoms with van der Waals surface area (Å²) < 4.78 is 44.5. The fraction of sp³-hybridized carbons (Fsp3) is 0.974. The molecule has 3 heterocycles. The molecule has 0 aromatic carbocycles. The van der Waals surface area contributed by atoms with Crippen LogP contribution in [0.25, 0.3) is 0 Å². The van der Waals surface area contributed by atoms with Gasteiger partial charge in [-0.25, -0.2) is 0 Å². The fourth-order valence-electron chi connectivity index (χ4n) is 8.82. The Hall–Kier alpha value is -1.01. The van der Waals surface area contributed by atoms with Crippen LogP contribution in [0.1, 0.15) is 94.9 Å². The zero-order valence-corrected chi connectivity index (χ0v) is 35.1. The zero-order chi connectivity index (χ0) is 40.4. The van der Waals surface area contributed by atoms with E-state index >= 15 is 0 Å². The molecule has 18 atom stereocenters. The number of rotatable bonds is 8. The zero-order valence-electron chi connectivity index (χ0n) is 35.1. The van der Waals surface area contributed by atoms with Crippen molar-refractivity contribution in [2.24, 2.45) is 17.8 Å². The number of carbonyl (C=O) groups is 1. The number of carbonyl (C=O) groups excluding carboxylic acids is 1. The fourth-order valence-corrected chi connectivity index (χ4v) is 8.82. The minimum atomic E-state index is -1.76. The molecular formula is C39H74N2O12. The third-order valence-electron chi connectivity index (χ3n) is 12.7. The van der Waals surface area contributed by atoms with Crippen LogP contribution in [0.4, 0.5) is 0 Å². The minimum Gasteiger partial charge on any atom is -0.459 e. The highest BCUT2D eigenvalue weighted by Gasteiger charge is 2.53. The number of esters is 1. The molecule has 53 heavy (non-hydrogen) atoms. The van der Waals surface area contributed by atoms with Crippen LogP contribution in [0.2, 0.25) is 0 Å². The molecule has 0 aliphatic carbocycles. The van der Waals surface area contributed by atoms with Gasteiger partial charge in [0.1, 0.15) is 23.9 Å². The molecule has 3 aliphatic rings. The predicted octanol–water partition coefficient (Wildman–Crippen LogP) is 2.55. The first-order chi connectivity index (χ1) is 24.5. The largest absolute Gasteiger partial charge is 0.459 e. The van der Waals surface area contributed by atoms with Crippen molar-refractivity contribution in [2.75, 3.05) is 41.9 Å². The van der Waals surface area contributed by atoms with Crippen molar-refractivity contribution in [1.82, 2.24) is 9.80 Å². The standard InChI is InChI=1S/C39H74N2O12/c1-16-28-39(10,46)32(43)21(2)20-41(13)22(3)18-38(9,48-15)34(53-36-30(42)27(40(11)12)17-23(4)49-36)24(5)31(25(6)35(45)51-28)52-29-19-37(8,47-14)33(44)26(7)50-29/h21-34,36,42-44,46H,16-20H2,1-15H3/t21-,22+,23+,24-,25+,26-,27?,28+,29?,30?,31?,32?,33?,34?,36?,37+,38+,39+/m0/s1. The SMILES string of the molecule is CC[C@H]1OC(=O)[C@H](C)C(OC2C[C@@](C)(OC)C(O)[C@H](C)O2)[C@H](C)C(OC2O[C@H](C)CC(N(C)C)C2O)[C@](C)(OC)C[C@@H](C)N(C)C[C@H](C)C(O)[C@]1(C)O. The number of aliphatic hydroxyl groups excluding tert-OH is 3. The van der Waals surface area contributed by atoms with Gasteiger partial charge in [0.2, 0.25) is 0 Å². The lowest BCUT2D eigenvalue weighted by atomic mass is 9.78. The highest BCUT2D eigenvalue weighted by atomic mass is 16.7. The van der Waals surface area contributed by atoms with Gasteiger partial charge in [-0.2, -0.15) is 0 Å². The first-order valence-corrected chi connectivity index (χ1v) is 19.5. The summed E-state index contributed by atoms with van der Waals surface area (Å²) in [6, 6.07) is -0.347. The number of nitrogens with zero attached hydrogens (tertiary/aromatic N) is 2. The summed E-state index contributed by atoms with van der Waals surface area (Å²) in [5.74, 6) is -2.61. The minimum absolute atomic E-state index is 0.114. The van der Waals surface area contributed by atoms with Gasteiger partial charge in [-0.05, 0) is 94.8 Å².